The SMILES string of the molecule is O=C(c1cc(=O)c2cc(Cl)cc(Cl)c2o1)N1CCN(CCc2ccccn2)CC1. The van der Waals surface area contributed by atoms with E-state index in [9.17, 15) is 9.59 Å². The summed E-state index contributed by atoms with van der Waals surface area (Å²) in [4.78, 5) is 33.6. The van der Waals surface area contributed by atoms with E-state index in [0.717, 1.165) is 31.7 Å². The van der Waals surface area contributed by atoms with Crippen LogP contribution in [0.25, 0.3) is 11.0 Å². The van der Waals surface area contributed by atoms with Crippen LogP contribution in [0.2, 0.25) is 10.0 Å². The molecular formula is C21H19Cl2N3O3. The van der Waals surface area contributed by atoms with E-state index in [1.54, 1.807) is 11.1 Å². The van der Waals surface area contributed by atoms with Gasteiger partial charge in [0, 0.05) is 62.1 Å². The van der Waals surface area contributed by atoms with Crippen LogP contribution in [-0.2, 0) is 6.42 Å². The number of pyridine rings is 1. The Morgan fingerprint density at radius 2 is 1.90 bits per heavy atom. The molecule has 0 atom stereocenters. The van der Waals surface area contributed by atoms with Crippen molar-refractivity contribution in [2.45, 2.75) is 6.42 Å². The van der Waals surface area contributed by atoms with Crippen LogP contribution in [0.5, 0.6) is 0 Å². The second-order valence-corrected chi connectivity index (χ2v) is 7.79. The zero-order valence-corrected chi connectivity index (χ0v) is 17.1. The topological polar surface area (TPSA) is 66.7 Å². The number of aromatic nitrogens is 1. The zero-order valence-electron chi connectivity index (χ0n) is 15.6. The van der Waals surface area contributed by atoms with E-state index >= 15 is 0 Å². The first-order valence-corrected chi connectivity index (χ1v) is 10.1. The van der Waals surface area contributed by atoms with Crippen LogP contribution in [-0.4, -0.2) is 53.4 Å². The molecule has 0 bridgehead atoms. The average Bonchev–Trinajstić information content (AvgIpc) is 2.73. The fraction of sp³-hybridized carbons (Fsp3) is 0.286. The normalized spacial score (nSPS) is 15.0. The zero-order chi connectivity index (χ0) is 20.4. The quantitative estimate of drug-likeness (QED) is 0.632. The third kappa shape index (κ3) is 4.45. The van der Waals surface area contributed by atoms with Crippen molar-refractivity contribution in [2.24, 2.45) is 0 Å². The number of rotatable bonds is 4. The van der Waals surface area contributed by atoms with Crippen LogP contribution in [0.4, 0.5) is 0 Å². The first-order valence-electron chi connectivity index (χ1n) is 9.36. The van der Waals surface area contributed by atoms with E-state index in [0.29, 0.717) is 18.1 Å². The van der Waals surface area contributed by atoms with Crippen LogP contribution in [0.3, 0.4) is 0 Å². The highest BCUT2D eigenvalue weighted by Gasteiger charge is 2.25. The first kappa shape index (κ1) is 19.9. The average molecular weight is 432 g/mol. The Morgan fingerprint density at radius 1 is 1.10 bits per heavy atom. The molecule has 8 heteroatoms. The van der Waals surface area contributed by atoms with Gasteiger partial charge in [-0.15, -0.1) is 0 Å². The van der Waals surface area contributed by atoms with Crippen LogP contribution in [0.1, 0.15) is 16.2 Å². The Kier molecular flexibility index (Phi) is 5.85. The standard InChI is InChI=1S/C21H19Cl2N3O3/c22-14-11-16-18(27)13-19(29-20(16)17(23)12-14)21(28)26-9-7-25(8-10-26)6-4-15-3-1-2-5-24-15/h1-3,5,11-13H,4,6-10H2. The summed E-state index contributed by atoms with van der Waals surface area (Å²) in [5.74, 6) is -0.312. The van der Waals surface area contributed by atoms with Crippen LogP contribution < -0.4 is 5.43 Å². The van der Waals surface area contributed by atoms with E-state index < -0.39 is 0 Å². The van der Waals surface area contributed by atoms with Crippen molar-refractivity contribution >= 4 is 40.1 Å². The van der Waals surface area contributed by atoms with Crippen molar-refractivity contribution in [1.29, 1.82) is 0 Å². The molecule has 0 N–H and O–H groups in total. The number of nitrogens with zero attached hydrogens (tertiary/aromatic N) is 3. The largest absolute Gasteiger partial charge is 0.449 e. The van der Waals surface area contributed by atoms with Gasteiger partial charge < -0.3 is 9.32 Å². The minimum Gasteiger partial charge on any atom is -0.449 e. The lowest BCUT2D eigenvalue weighted by atomic mass is 10.2. The molecule has 1 aliphatic heterocycles. The van der Waals surface area contributed by atoms with E-state index in [4.69, 9.17) is 27.6 Å². The Morgan fingerprint density at radius 3 is 2.62 bits per heavy atom. The van der Waals surface area contributed by atoms with Gasteiger partial charge in [-0.1, -0.05) is 29.3 Å². The molecule has 1 amide bonds. The molecule has 29 heavy (non-hydrogen) atoms. The summed E-state index contributed by atoms with van der Waals surface area (Å²) in [7, 11) is 0. The molecule has 0 unspecified atom stereocenters. The molecule has 1 aromatic carbocycles. The molecule has 0 aliphatic carbocycles. The van der Waals surface area contributed by atoms with E-state index in [-0.39, 0.29) is 33.1 Å². The molecule has 0 spiro atoms. The minimum atomic E-state index is -0.340. The van der Waals surface area contributed by atoms with Crippen molar-refractivity contribution < 1.29 is 9.21 Å². The van der Waals surface area contributed by atoms with Gasteiger partial charge in [0.15, 0.2) is 16.8 Å². The van der Waals surface area contributed by atoms with E-state index in [1.165, 1.54) is 18.2 Å². The Labute approximate surface area is 177 Å². The third-order valence-corrected chi connectivity index (χ3v) is 5.53. The molecular weight excluding hydrogens is 413 g/mol. The number of halogens is 2. The molecule has 0 radical (unpaired) electrons. The second-order valence-electron chi connectivity index (χ2n) is 6.94. The number of hydrogen-bond donors (Lipinski definition) is 0. The number of fused-ring (bicyclic) bond motifs is 1. The minimum absolute atomic E-state index is 0.00587. The van der Waals surface area contributed by atoms with Crippen LogP contribution >= 0.6 is 23.2 Å². The number of carbonyl (C=O) groups is 1. The molecule has 4 rings (SSSR count). The van der Waals surface area contributed by atoms with Gasteiger partial charge in [0.25, 0.3) is 5.91 Å². The molecule has 1 saturated heterocycles. The van der Waals surface area contributed by atoms with Crippen molar-refractivity contribution in [3.63, 3.8) is 0 Å². The van der Waals surface area contributed by atoms with Gasteiger partial charge in [-0.2, -0.15) is 0 Å². The number of piperazine rings is 1. The number of carbonyl (C=O) groups excluding carboxylic acids is 1. The van der Waals surface area contributed by atoms with Gasteiger partial charge >= 0.3 is 0 Å². The summed E-state index contributed by atoms with van der Waals surface area (Å²) in [6, 6.07) is 10.1. The molecule has 0 saturated carbocycles. The summed E-state index contributed by atoms with van der Waals surface area (Å²) in [5, 5.41) is 0.813. The molecule has 150 valence electrons. The van der Waals surface area contributed by atoms with Crippen LogP contribution in [0, 0.1) is 0 Å². The molecule has 3 aromatic rings. The third-order valence-electron chi connectivity index (χ3n) is 5.03. The highest BCUT2D eigenvalue weighted by Crippen LogP contribution is 2.27. The Bertz CT molecular complexity index is 1090. The number of hydrogen-bond acceptors (Lipinski definition) is 5. The van der Waals surface area contributed by atoms with Gasteiger partial charge in [-0.05, 0) is 24.3 Å². The summed E-state index contributed by atoms with van der Waals surface area (Å²) in [6.45, 7) is 3.54. The molecule has 6 nitrogen and oxygen atoms in total. The fourth-order valence-electron chi connectivity index (χ4n) is 3.44. The number of amides is 1. The molecule has 3 heterocycles. The Balaban J connectivity index is 1.42. The van der Waals surface area contributed by atoms with Gasteiger partial charge in [0.05, 0.1) is 10.4 Å². The van der Waals surface area contributed by atoms with Crippen molar-refractivity contribution in [2.75, 3.05) is 32.7 Å². The molecule has 1 fully saturated rings. The van der Waals surface area contributed by atoms with Crippen molar-refractivity contribution in [3.05, 3.63) is 74.3 Å². The lowest BCUT2D eigenvalue weighted by molar-refractivity contribution is 0.0608. The fourth-order valence-corrected chi connectivity index (χ4v) is 3.97. The maximum atomic E-state index is 12.9. The van der Waals surface area contributed by atoms with Gasteiger partial charge in [0.1, 0.15) is 0 Å². The molecule has 2 aromatic heterocycles. The van der Waals surface area contributed by atoms with Crippen LogP contribution in [0.15, 0.2) is 51.8 Å². The highest BCUT2D eigenvalue weighted by molar-refractivity contribution is 6.38. The van der Waals surface area contributed by atoms with Crippen molar-refractivity contribution in [3.8, 4) is 0 Å². The van der Waals surface area contributed by atoms with E-state index in [2.05, 4.69) is 9.88 Å². The lowest BCUT2D eigenvalue weighted by Gasteiger charge is -2.34. The summed E-state index contributed by atoms with van der Waals surface area (Å²) in [6.07, 6.45) is 2.67. The maximum absolute atomic E-state index is 12.9. The van der Waals surface area contributed by atoms with Gasteiger partial charge in [-0.3, -0.25) is 19.5 Å². The van der Waals surface area contributed by atoms with E-state index in [1.807, 2.05) is 18.2 Å². The predicted octanol–water partition coefficient (Wildman–Crippen LogP) is 3.50. The smallest absolute Gasteiger partial charge is 0.289 e. The second kappa shape index (κ2) is 8.53. The summed E-state index contributed by atoms with van der Waals surface area (Å²) < 4.78 is 5.67. The molecule has 1 aliphatic rings. The summed E-state index contributed by atoms with van der Waals surface area (Å²) in [5.41, 5.74) is 0.898. The summed E-state index contributed by atoms with van der Waals surface area (Å²) >= 11 is 12.1. The predicted molar refractivity (Wildman–Crippen MR) is 113 cm³/mol. The first-order chi connectivity index (χ1) is 14.0. The van der Waals surface area contributed by atoms with Gasteiger partial charge in [0.2, 0.25) is 0 Å². The Hall–Kier alpha value is -2.41. The van der Waals surface area contributed by atoms with Gasteiger partial charge in [-0.25, -0.2) is 0 Å². The maximum Gasteiger partial charge on any atom is 0.289 e. The monoisotopic (exact) mass is 431 g/mol. The highest BCUT2D eigenvalue weighted by atomic mass is 35.5. The number of benzene rings is 1. The van der Waals surface area contributed by atoms with Crippen molar-refractivity contribution in [1.82, 2.24) is 14.8 Å². The lowest BCUT2D eigenvalue weighted by Crippen LogP contribution is -2.49.